The fraction of sp³-hybridized carbons (Fsp3) is 0.263. The summed E-state index contributed by atoms with van der Waals surface area (Å²) in [4.78, 5) is 12.4. The summed E-state index contributed by atoms with van der Waals surface area (Å²) >= 11 is 0. The van der Waals surface area contributed by atoms with Crippen molar-refractivity contribution in [2.24, 2.45) is 0 Å². The molecule has 0 aliphatic rings. The zero-order valence-corrected chi connectivity index (χ0v) is 14.0. The molecule has 0 saturated carbocycles. The van der Waals surface area contributed by atoms with Gasteiger partial charge in [-0.25, -0.2) is 0 Å². The molecule has 0 radical (unpaired) electrons. The summed E-state index contributed by atoms with van der Waals surface area (Å²) in [6.07, 6.45) is 0.176. The van der Waals surface area contributed by atoms with Crippen molar-refractivity contribution < 1.29 is 14.1 Å². The number of methoxy groups -OCH3 is 1. The number of rotatable bonds is 5. The third-order valence-electron chi connectivity index (χ3n) is 4.01. The SMILES string of the molecule is COc1ccc(C)cc1C(C)NC(=O)Cc1noc2ccccc12. The molecule has 0 spiro atoms. The highest BCUT2D eigenvalue weighted by Crippen LogP contribution is 2.26. The van der Waals surface area contributed by atoms with E-state index in [1.807, 2.05) is 56.3 Å². The maximum absolute atomic E-state index is 12.4. The quantitative estimate of drug-likeness (QED) is 0.779. The van der Waals surface area contributed by atoms with Crippen LogP contribution in [-0.4, -0.2) is 18.2 Å². The first-order chi connectivity index (χ1) is 11.6. The Morgan fingerprint density at radius 2 is 2.08 bits per heavy atom. The van der Waals surface area contributed by atoms with E-state index in [9.17, 15) is 4.79 Å². The zero-order valence-electron chi connectivity index (χ0n) is 14.0. The van der Waals surface area contributed by atoms with Crippen molar-refractivity contribution in [1.82, 2.24) is 10.5 Å². The molecule has 0 saturated heterocycles. The number of amides is 1. The number of ether oxygens (including phenoxy) is 1. The summed E-state index contributed by atoms with van der Waals surface area (Å²) in [6, 6.07) is 13.3. The lowest BCUT2D eigenvalue weighted by Gasteiger charge is -2.17. The van der Waals surface area contributed by atoms with Gasteiger partial charge in [-0.1, -0.05) is 35.0 Å². The number of hydrogen-bond acceptors (Lipinski definition) is 4. The van der Waals surface area contributed by atoms with Crippen molar-refractivity contribution in [2.45, 2.75) is 26.3 Å². The van der Waals surface area contributed by atoms with Crippen molar-refractivity contribution in [3.63, 3.8) is 0 Å². The van der Waals surface area contributed by atoms with Gasteiger partial charge in [0, 0.05) is 10.9 Å². The Kier molecular flexibility index (Phi) is 4.51. The molecule has 124 valence electrons. The van der Waals surface area contributed by atoms with Gasteiger partial charge >= 0.3 is 0 Å². The van der Waals surface area contributed by atoms with E-state index in [1.54, 1.807) is 7.11 Å². The highest BCUT2D eigenvalue weighted by molar-refractivity contribution is 5.86. The van der Waals surface area contributed by atoms with Gasteiger partial charge < -0.3 is 14.6 Å². The van der Waals surface area contributed by atoms with Gasteiger partial charge in [-0.05, 0) is 32.0 Å². The summed E-state index contributed by atoms with van der Waals surface area (Å²) in [7, 11) is 1.63. The average molecular weight is 324 g/mol. The van der Waals surface area contributed by atoms with Gasteiger partial charge in [0.05, 0.1) is 19.6 Å². The molecule has 1 heterocycles. The summed E-state index contributed by atoms with van der Waals surface area (Å²) in [5.74, 6) is 0.658. The minimum Gasteiger partial charge on any atom is -0.496 e. The van der Waals surface area contributed by atoms with Gasteiger partial charge in [-0.2, -0.15) is 0 Å². The van der Waals surface area contributed by atoms with Crippen molar-refractivity contribution >= 4 is 16.9 Å². The number of hydrogen-bond donors (Lipinski definition) is 1. The minimum atomic E-state index is -0.162. The van der Waals surface area contributed by atoms with Crippen molar-refractivity contribution in [3.8, 4) is 5.75 Å². The highest BCUT2D eigenvalue weighted by atomic mass is 16.5. The Balaban J connectivity index is 1.74. The molecule has 0 aliphatic heterocycles. The van der Waals surface area contributed by atoms with E-state index in [-0.39, 0.29) is 18.4 Å². The molecule has 0 aliphatic carbocycles. The van der Waals surface area contributed by atoms with Crippen LogP contribution in [-0.2, 0) is 11.2 Å². The molecule has 0 bridgehead atoms. The molecule has 2 aromatic carbocycles. The van der Waals surface area contributed by atoms with Crippen LogP contribution in [0.15, 0.2) is 47.0 Å². The van der Waals surface area contributed by atoms with Gasteiger partial charge in [-0.15, -0.1) is 0 Å². The Labute approximate surface area is 140 Å². The van der Waals surface area contributed by atoms with Crippen LogP contribution in [0, 0.1) is 6.92 Å². The Morgan fingerprint density at radius 1 is 1.29 bits per heavy atom. The monoisotopic (exact) mass is 324 g/mol. The Bertz CT molecular complexity index is 870. The number of carbonyl (C=O) groups excluding carboxylic acids is 1. The fourth-order valence-electron chi connectivity index (χ4n) is 2.78. The molecular formula is C19H20N2O3. The van der Waals surface area contributed by atoms with E-state index in [2.05, 4.69) is 10.5 Å². The second kappa shape index (κ2) is 6.74. The number of nitrogens with one attached hydrogen (secondary N) is 1. The minimum absolute atomic E-state index is 0.106. The first kappa shape index (κ1) is 16.1. The van der Waals surface area contributed by atoms with E-state index in [1.165, 1.54) is 0 Å². The van der Waals surface area contributed by atoms with Crippen molar-refractivity contribution in [3.05, 3.63) is 59.3 Å². The molecule has 1 atom stereocenters. The van der Waals surface area contributed by atoms with Crippen molar-refractivity contribution in [1.29, 1.82) is 0 Å². The molecule has 0 fully saturated rings. The average Bonchev–Trinajstić information content (AvgIpc) is 2.98. The summed E-state index contributed by atoms with van der Waals surface area (Å²) in [6.45, 7) is 3.95. The third-order valence-corrected chi connectivity index (χ3v) is 4.01. The molecule has 5 nitrogen and oxygen atoms in total. The first-order valence-corrected chi connectivity index (χ1v) is 7.85. The lowest BCUT2D eigenvalue weighted by Crippen LogP contribution is -2.28. The van der Waals surface area contributed by atoms with Crippen LogP contribution in [0.2, 0.25) is 0 Å². The predicted molar refractivity (Wildman–Crippen MR) is 92.0 cm³/mol. The van der Waals surface area contributed by atoms with E-state index >= 15 is 0 Å². The van der Waals surface area contributed by atoms with Crippen LogP contribution in [0.5, 0.6) is 5.75 Å². The van der Waals surface area contributed by atoms with Gasteiger partial charge in [0.2, 0.25) is 5.91 Å². The van der Waals surface area contributed by atoms with Crippen LogP contribution in [0.3, 0.4) is 0 Å². The van der Waals surface area contributed by atoms with E-state index in [4.69, 9.17) is 9.26 Å². The van der Waals surface area contributed by atoms with Crippen LogP contribution >= 0.6 is 0 Å². The number of benzene rings is 2. The number of nitrogens with zero attached hydrogens (tertiary/aromatic N) is 1. The fourth-order valence-corrected chi connectivity index (χ4v) is 2.78. The van der Waals surface area contributed by atoms with Gasteiger partial charge in [0.1, 0.15) is 11.4 Å². The summed E-state index contributed by atoms with van der Waals surface area (Å²) in [5.41, 5.74) is 3.41. The maximum Gasteiger partial charge on any atom is 0.226 e. The second-order valence-corrected chi connectivity index (χ2v) is 5.84. The lowest BCUT2D eigenvalue weighted by atomic mass is 10.0. The summed E-state index contributed by atoms with van der Waals surface area (Å²) < 4.78 is 10.6. The third kappa shape index (κ3) is 3.25. The van der Waals surface area contributed by atoms with Crippen LogP contribution < -0.4 is 10.1 Å². The van der Waals surface area contributed by atoms with Crippen LogP contribution in [0.1, 0.15) is 29.8 Å². The van der Waals surface area contributed by atoms with Crippen molar-refractivity contribution in [2.75, 3.05) is 7.11 Å². The molecule has 24 heavy (non-hydrogen) atoms. The largest absolute Gasteiger partial charge is 0.496 e. The van der Waals surface area contributed by atoms with Gasteiger partial charge in [-0.3, -0.25) is 4.79 Å². The molecule has 3 aromatic rings. The number of carbonyl (C=O) groups is 1. The number of aromatic nitrogens is 1. The Morgan fingerprint density at radius 3 is 2.88 bits per heavy atom. The zero-order chi connectivity index (χ0) is 17.1. The topological polar surface area (TPSA) is 64.4 Å². The Hall–Kier alpha value is -2.82. The summed E-state index contributed by atoms with van der Waals surface area (Å²) in [5, 5.41) is 7.87. The second-order valence-electron chi connectivity index (χ2n) is 5.84. The van der Waals surface area contributed by atoms with Crippen LogP contribution in [0.25, 0.3) is 11.0 Å². The number of para-hydroxylation sites is 1. The number of aryl methyl sites for hydroxylation is 1. The molecule has 1 N–H and O–H groups in total. The molecular weight excluding hydrogens is 304 g/mol. The molecule has 3 rings (SSSR count). The number of fused-ring (bicyclic) bond motifs is 1. The first-order valence-electron chi connectivity index (χ1n) is 7.85. The normalized spacial score (nSPS) is 12.1. The van der Waals surface area contributed by atoms with Gasteiger partial charge in [0.15, 0.2) is 5.58 Å². The molecule has 5 heteroatoms. The molecule has 1 unspecified atom stereocenters. The van der Waals surface area contributed by atoms with Crippen LogP contribution in [0.4, 0.5) is 0 Å². The van der Waals surface area contributed by atoms with E-state index in [0.29, 0.717) is 11.3 Å². The smallest absolute Gasteiger partial charge is 0.226 e. The predicted octanol–water partition coefficient (Wildman–Crippen LogP) is 3.56. The highest BCUT2D eigenvalue weighted by Gasteiger charge is 2.17. The lowest BCUT2D eigenvalue weighted by molar-refractivity contribution is -0.121. The molecule has 1 amide bonds. The molecule has 1 aromatic heterocycles. The maximum atomic E-state index is 12.4. The van der Waals surface area contributed by atoms with E-state index < -0.39 is 0 Å². The van der Waals surface area contributed by atoms with E-state index in [0.717, 1.165) is 22.3 Å². The standard InChI is InChI=1S/C19H20N2O3/c1-12-8-9-17(23-3)15(10-12)13(2)20-19(22)11-16-14-6-4-5-7-18(14)24-21-16/h4-10,13H,11H2,1-3H3,(H,20,22). The van der Waals surface area contributed by atoms with Gasteiger partial charge in [0.25, 0.3) is 0 Å².